The minimum Gasteiger partial charge on any atom is -0.497 e. The SMILES string of the molecule is CC[C@@H](C(=O)NCC(C)C)N(Cc1ccccc1C)C(=O)CCCOc1ccc(OC)cc1. The molecule has 0 aliphatic carbocycles. The lowest BCUT2D eigenvalue weighted by Gasteiger charge is -2.31. The fraction of sp³-hybridized carbons (Fsp3) is 0.481. The Hall–Kier alpha value is -3.02. The molecule has 0 heterocycles. The molecule has 0 saturated carbocycles. The number of ether oxygens (including phenoxy) is 2. The fourth-order valence-electron chi connectivity index (χ4n) is 3.54. The number of hydrogen-bond donors (Lipinski definition) is 1. The number of carbonyl (C=O) groups is 2. The molecule has 2 amide bonds. The summed E-state index contributed by atoms with van der Waals surface area (Å²) in [5.41, 5.74) is 2.16. The van der Waals surface area contributed by atoms with Crippen LogP contribution in [-0.4, -0.2) is 43.0 Å². The van der Waals surface area contributed by atoms with Gasteiger partial charge in [-0.2, -0.15) is 0 Å². The van der Waals surface area contributed by atoms with Crippen molar-refractivity contribution in [2.45, 2.75) is 59.5 Å². The second-order valence-electron chi connectivity index (χ2n) is 8.64. The van der Waals surface area contributed by atoms with E-state index in [0.717, 1.165) is 22.6 Å². The molecule has 6 nitrogen and oxygen atoms in total. The number of nitrogens with zero attached hydrogens (tertiary/aromatic N) is 1. The van der Waals surface area contributed by atoms with Gasteiger partial charge < -0.3 is 19.7 Å². The highest BCUT2D eigenvalue weighted by molar-refractivity contribution is 5.87. The topological polar surface area (TPSA) is 67.9 Å². The van der Waals surface area contributed by atoms with Crippen molar-refractivity contribution >= 4 is 11.8 Å². The summed E-state index contributed by atoms with van der Waals surface area (Å²) in [5, 5.41) is 3.00. The zero-order valence-corrected chi connectivity index (χ0v) is 20.6. The molecule has 0 unspecified atom stereocenters. The van der Waals surface area contributed by atoms with Crippen molar-refractivity contribution in [3.63, 3.8) is 0 Å². The van der Waals surface area contributed by atoms with Crippen molar-refractivity contribution in [1.82, 2.24) is 10.2 Å². The first kappa shape index (κ1) is 26.2. The largest absolute Gasteiger partial charge is 0.497 e. The van der Waals surface area contributed by atoms with E-state index in [4.69, 9.17) is 9.47 Å². The van der Waals surface area contributed by atoms with Crippen LogP contribution in [0.25, 0.3) is 0 Å². The van der Waals surface area contributed by atoms with Crippen molar-refractivity contribution in [3.8, 4) is 11.5 Å². The van der Waals surface area contributed by atoms with Gasteiger partial charge in [0.05, 0.1) is 13.7 Å². The van der Waals surface area contributed by atoms with Gasteiger partial charge in [0.25, 0.3) is 0 Å². The lowest BCUT2D eigenvalue weighted by atomic mass is 10.0. The molecule has 2 aromatic rings. The minimum atomic E-state index is -0.502. The van der Waals surface area contributed by atoms with Crippen LogP contribution in [0.1, 0.15) is 51.2 Å². The Bertz CT molecular complexity index is 880. The molecule has 0 aliphatic rings. The third-order valence-corrected chi connectivity index (χ3v) is 5.54. The Morgan fingerprint density at radius 2 is 1.70 bits per heavy atom. The van der Waals surface area contributed by atoms with Crippen LogP contribution >= 0.6 is 0 Å². The van der Waals surface area contributed by atoms with Crippen molar-refractivity contribution in [3.05, 3.63) is 59.7 Å². The van der Waals surface area contributed by atoms with Crippen molar-refractivity contribution in [2.24, 2.45) is 5.92 Å². The molecule has 0 saturated heterocycles. The molecule has 6 heteroatoms. The number of rotatable bonds is 13. The summed E-state index contributed by atoms with van der Waals surface area (Å²) in [7, 11) is 1.62. The fourth-order valence-corrected chi connectivity index (χ4v) is 3.54. The molecule has 0 aromatic heterocycles. The van der Waals surface area contributed by atoms with Gasteiger partial charge in [-0.15, -0.1) is 0 Å². The van der Waals surface area contributed by atoms with E-state index in [1.54, 1.807) is 12.0 Å². The summed E-state index contributed by atoms with van der Waals surface area (Å²) in [4.78, 5) is 27.9. The first-order valence-corrected chi connectivity index (χ1v) is 11.7. The predicted octanol–water partition coefficient (Wildman–Crippen LogP) is 4.74. The van der Waals surface area contributed by atoms with Gasteiger partial charge in [0.15, 0.2) is 0 Å². The number of benzene rings is 2. The maximum Gasteiger partial charge on any atom is 0.242 e. The number of amides is 2. The summed E-state index contributed by atoms with van der Waals surface area (Å²) in [6.45, 7) is 9.52. The van der Waals surface area contributed by atoms with Crippen LogP contribution in [0.2, 0.25) is 0 Å². The number of methoxy groups -OCH3 is 1. The first-order valence-electron chi connectivity index (χ1n) is 11.7. The highest BCUT2D eigenvalue weighted by atomic mass is 16.5. The Labute approximate surface area is 198 Å². The van der Waals surface area contributed by atoms with Gasteiger partial charge in [-0.1, -0.05) is 45.0 Å². The van der Waals surface area contributed by atoms with Crippen LogP contribution in [0.5, 0.6) is 11.5 Å². The molecule has 0 radical (unpaired) electrons. The third kappa shape index (κ3) is 8.44. The van der Waals surface area contributed by atoms with Gasteiger partial charge in [0.1, 0.15) is 17.5 Å². The first-order chi connectivity index (χ1) is 15.8. The third-order valence-electron chi connectivity index (χ3n) is 5.54. The van der Waals surface area contributed by atoms with Gasteiger partial charge in [0.2, 0.25) is 11.8 Å². The molecule has 1 N–H and O–H groups in total. The average Bonchev–Trinajstić information content (AvgIpc) is 2.81. The van der Waals surface area contributed by atoms with Gasteiger partial charge in [-0.3, -0.25) is 9.59 Å². The van der Waals surface area contributed by atoms with Crippen molar-refractivity contribution < 1.29 is 19.1 Å². The van der Waals surface area contributed by atoms with E-state index in [9.17, 15) is 9.59 Å². The Balaban J connectivity index is 2.04. The molecule has 1 atom stereocenters. The summed E-state index contributed by atoms with van der Waals surface area (Å²) in [5.74, 6) is 1.72. The molecule has 0 bridgehead atoms. The maximum atomic E-state index is 13.3. The minimum absolute atomic E-state index is 0.0388. The number of hydrogen-bond acceptors (Lipinski definition) is 4. The molecular formula is C27H38N2O4. The Kier molecular flexibility index (Phi) is 10.7. The van der Waals surface area contributed by atoms with Crippen LogP contribution in [-0.2, 0) is 16.1 Å². The van der Waals surface area contributed by atoms with E-state index in [0.29, 0.717) is 44.9 Å². The van der Waals surface area contributed by atoms with E-state index < -0.39 is 6.04 Å². The van der Waals surface area contributed by atoms with Gasteiger partial charge in [-0.05, 0) is 61.1 Å². The highest BCUT2D eigenvalue weighted by Crippen LogP contribution is 2.19. The molecular weight excluding hydrogens is 416 g/mol. The van der Waals surface area contributed by atoms with Crippen LogP contribution < -0.4 is 14.8 Å². The van der Waals surface area contributed by atoms with Crippen LogP contribution in [0.4, 0.5) is 0 Å². The van der Waals surface area contributed by atoms with Crippen LogP contribution in [0, 0.1) is 12.8 Å². The Morgan fingerprint density at radius 3 is 2.30 bits per heavy atom. The number of aryl methyl sites for hydroxylation is 1. The summed E-state index contributed by atoms with van der Waals surface area (Å²) in [6, 6.07) is 14.9. The lowest BCUT2D eigenvalue weighted by molar-refractivity contribution is -0.141. The molecule has 180 valence electrons. The normalized spacial score (nSPS) is 11.7. The maximum absolute atomic E-state index is 13.3. The quantitative estimate of drug-likeness (QED) is 0.444. The van der Waals surface area contributed by atoms with Crippen molar-refractivity contribution in [1.29, 1.82) is 0 Å². The van der Waals surface area contributed by atoms with Crippen LogP contribution in [0.3, 0.4) is 0 Å². The van der Waals surface area contributed by atoms with E-state index in [1.807, 2.05) is 62.4 Å². The van der Waals surface area contributed by atoms with Gasteiger partial charge >= 0.3 is 0 Å². The van der Waals surface area contributed by atoms with Crippen LogP contribution in [0.15, 0.2) is 48.5 Å². The smallest absolute Gasteiger partial charge is 0.242 e. The predicted molar refractivity (Wildman–Crippen MR) is 131 cm³/mol. The zero-order valence-electron chi connectivity index (χ0n) is 20.6. The number of nitrogens with one attached hydrogen (secondary N) is 1. The van der Waals surface area contributed by atoms with E-state index in [2.05, 4.69) is 19.2 Å². The van der Waals surface area contributed by atoms with Crippen molar-refractivity contribution in [2.75, 3.05) is 20.3 Å². The number of carbonyl (C=O) groups excluding carboxylic acids is 2. The summed E-state index contributed by atoms with van der Waals surface area (Å²) < 4.78 is 10.9. The Morgan fingerprint density at radius 1 is 1.03 bits per heavy atom. The van der Waals surface area contributed by atoms with E-state index >= 15 is 0 Å². The second kappa shape index (κ2) is 13.5. The summed E-state index contributed by atoms with van der Waals surface area (Å²) in [6.07, 6.45) is 1.44. The second-order valence-corrected chi connectivity index (χ2v) is 8.64. The van der Waals surface area contributed by atoms with Gasteiger partial charge in [0, 0.05) is 19.5 Å². The molecule has 2 aromatic carbocycles. The van der Waals surface area contributed by atoms with E-state index in [1.165, 1.54) is 0 Å². The molecule has 2 rings (SSSR count). The van der Waals surface area contributed by atoms with E-state index in [-0.39, 0.29) is 11.8 Å². The zero-order chi connectivity index (χ0) is 24.2. The lowest BCUT2D eigenvalue weighted by Crippen LogP contribution is -2.49. The highest BCUT2D eigenvalue weighted by Gasteiger charge is 2.28. The monoisotopic (exact) mass is 454 g/mol. The summed E-state index contributed by atoms with van der Waals surface area (Å²) >= 11 is 0. The standard InChI is InChI=1S/C27H38N2O4/c1-6-25(27(31)28-18-20(2)3)29(19-22-11-8-7-10-21(22)4)26(30)12-9-17-33-24-15-13-23(32-5)14-16-24/h7-8,10-11,13-16,20,25H,6,9,12,17-19H2,1-5H3,(H,28,31)/t25-/m0/s1. The average molecular weight is 455 g/mol. The molecule has 33 heavy (non-hydrogen) atoms. The molecule has 0 spiro atoms. The molecule has 0 fully saturated rings. The van der Waals surface area contributed by atoms with Gasteiger partial charge in [-0.25, -0.2) is 0 Å². The molecule has 0 aliphatic heterocycles.